The molecule has 112 valence electrons. The number of carbonyl (C=O) groups excluding carboxylic acids is 1. The number of fused-ring (bicyclic) bond motifs is 2. The Bertz CT molecular complexity index is 752. The van der Waals surface area contributed by atoms with Gasteiger partial charge in [0.25, 0.3) is 0 Å². The molecule has 0 spiro atoms. The Morgan fingerprint density at radius 3 is 2.86 bits per heavy atom. The van der Waals surface area contributed by atoms with E-state index in [0.29, 0.717) is 40.7 Å². The van der Waals surface area contributed by atoms with Crippen LogP contribution in [0.15, 0.2) is 41.4 Å². The predicted molar refractivity (Wildman–Crippen MR) is 82.7 cm³/mol. The van der Waals surface area contributed by atoms with E-state index >= 15 is 0 Å². The van der Waals surface area contributed by atoms with E-state index in [1.54, 1.807) is 38.4 Å². The van der Waals surface area contributed by atoms with Crippen LogP contribution in [0.1, 0.15) is 22.8 Å². The molecular weight excluding hydrogens is 282 g/mol. The third-order valence-corrected chi connectivity index (χ3v) is 3.26. The number of carbonyl (C=O) groups is 1. The summed E-state index contributed by atoms with van der Waals surface area (Å²) in [4.78, 5) is 16.2. The quantitative estimate of drug-likeness (QED) is 0.691. The lowest BCUT2D eigenvalue weighted by molar-refractivity contribution is 0.0526. The van der Waals surface area contributed by atoms with E-state index in [0.717, 1.165) is 0 Å². The number of hydrogen-bond donors (Lipinski definition) is 0. The van der Waals surface area contributed by atoms with Crippen LogP contribution in [0, 0.1) is 0 Å². The fourth-order valence-electron chi connectivity index (χ4n) is 2.21. The van der Waals surface area contributed by atoms with Crippen molar-refractivity contribution in [2.45, 2.75) is 6.92 Å². The van der Waals surface area contributed by atoms with Gasteiger partial charge < -0.3 is 14.2 Å². The van der Waals surface area contributed by atoms with Crippen LogP contribution >= 0.6 is 0 Å². The Hall–Kier alpha value is -2.82. The van der Waals surface area contributed by atoms with Crippen molar-refractivity contribution in [3.63, 3.8) is 0 Å². The van der Waals surface area contributed by atoms with Crippen molar-refractivity contribution in [1.29, 1.82) is 0 Å². The third kappa shape index (κ3) is 2.53. The summed E-state index contributed by atoms with van der Waals surface area (Å²) in [5.74, 6) is 1.51. The predicted octanol–water partition coefficient (Wildman–Crippen LogP) is 3.73. The molecule has 1 heterocycles. The second kappa shape index (κ2) is 5.89. The Labute approximate surface area is 128 Å². The summed E-state index contributed by atoms with van der Waals surface area (Å²) >= 11 is 0. The number of ether oxygens (including phenoxy) is 3. The summed E-state index contributed by atoms with van der Waals surface area (Å²) < 4.78 is 16.2. The summed E-state index contributed by atoms with van der Waals surface area (Å²) in [7, 11) is 1.59. The van der Waals surface area contributed by atoms with Crippen LogP contribution in [0.2, 0.25) is 0 Å². The fourth-order valence-corrected chi connectivity index (χ4v) is 2.21. The molecule has 0 amide bonds. The van der Waals surface area contributed by atoms with Gasteiger partial charge in [-0.25, -0.2) is 9.79 Å². The molecule has 0 saturated heterocycles. The molecule has 2 aromatic rings. The van der Waals surface area contributed by atoms with Crippen LogP contribution in [-0.4, -0.2) is 25.9 Å². The molecule has 0 radical (unpaired) electrons. The first-order valence-electron chi connectivity index (χ1n) is 6.93. The van der Waals surface area contributed by atoms with E-state index in [4.69, 9.17) is 14.2 Å². The van der Waals surface area contributed by atoms with Crippen molar-refractivity contribution < 1.29 is 19.0 Å². The number of aliphatic imine (C=N–C) groups is 1. The Morgan fingerprint density at radius 2 is 2.09 bits per heavy atom. The van der Waals surface area contributed by atoms with Gasteiger partial charge in [0.15, 0.2) is 5.75 Å². The van der Waals surface area contributed by atoms with E-state index in [1.807, 2.05) is 18.2 Å². The van der Waals surface area contributed by atoms with Crippen molar-refractivity contribution in [3.05, 3.63) is 47.5 Å². The summed E-state index contributed by atoms with van der Waals surface area (Å²) in [5, 5.41) is 0. The maximum absolute atomic E-state index is 11.8. The van der Waals surface area contributed by atoms with Gasteiger partial charge in [-0.15, -0.1) is 0 Å². The molecule has 3 rings (SSSR count). The highest BCUT2D eigenvalue weighted by Gasteiger charge is 2.17. The Balaban J connectivity index is 2.02. The number of nitrogens with zero attached hydrogens (tertiary/aromatic N) is 1. The summed E-state index contributed by atoms with van der Waals surface area (Å²) in [5.41, 5.74) is 1.80. The highest BCUT2D eigenvalue weighted by Crippen LogP contribution is 2.42. The van der Waals surface area contributed by atoms with Gasteiger partial charge in [0.05, 0.1) is 19.3 Å². The van der Waals surface area contributed by atoms with Crippen molar-refractivity contribution >= 4 is 17.9 Å². The highest BCUT2D eigenvalue weighted by molar-refractivity contribution is 5.95. The normalized spacial score (nSPS) is 11.7. The number of rotatable bonds is 3. The lowest BCUT2D eigenvalue weighted by Crippen LogP contribution is -2.05. The van der Waals surface area contributed by atoms with Crippen LogP contribution in [-0.2, 0) is 4.74 Å². The molecule has 0 saturated carbocycles. The fraction of sp³-hybridized carbons (Fsp3) is 0.176. The molecule has 0 atom stereocenters. The van der Waals surface area contributed by atoms with Crippen LogP contribution in [0.3, 0.4) is 0 Å². The van der Waals surface area contributed by atoms with Crippen LogP contribution in [0.25, 0.3) is 0 Å². The average Bonchev–Trinajstić information content (AvgIpc) is 2.73. The molecular formula is C17H15NO4. The SMILES string of the molecule is CCOC(=O)c1ccc2c(c1)C=Nc1c(OC)cccc1O2. The lowest BCUT2D eigenvalue weighted by Gasteiger charge is -2.10. The first kappa shape index (κ1) is 14.1. The summed E-state index contributed by atoms with van der Waals surface area (Å²) in [6.45, 7) is 2.11. The van der Waals surface area contributed by atoms with Gasteiger partial charge >= 0.3 is 5.97 Å². The van der Waals surface area contributed by atoms with Gasteiger partial charge in [0.2, 0.25) is 0 Å². The maximum atomic E-state index is 11.8. The van der Waals surface area contributed by atoms with E-state index in [-0.39, 0.29) is 5.97 Å². The number of esters is 1. The van der Waals surface area contributed by atoms with E-state index in [2.05, 4.69) is 4.99 Å². The molecule has 0 aliphatic carbocycles. The topological polar surface area (TPSA) is 57.1 Å². The molecule has 5 nitrogen and oxygen atoms in total. The van der Waals surface area contributed by atoms with Crippen molar-refractivity contribution in [2.75, 3.05) is 13.7 Å². The Kier molecular flexibility index (Phi) is 3.78. The molecule has 0 fully saturated rings. The van der Waals surface area contributed by atoms with E-state index in [9.17, 15) is 4.79 Å². The first-order valence-corrected chi connectivity index (χ1v) is 6.93. The van der Waals surface area contributed by atoms with Crippen molar-refractivity contribution in [2.24, 2.45) is 4.99 Å². The summed E-state index contributed by atoms with van der Waals surface area (Å²) in [6, 6.07) is 10.6. The Morgan fingerprint density at radius 1 is 1.23 bits per heavy atom. The smallest absolute Gasteiger partial charge is 0.338 e. The molecule has 0 bridgehead atoms. The third-order valence-electron chi connectivity index (χ3n) is 3.26. The zero-order valence-corrected chi connectivity index (χ0v) is 12.3. The average molecular weight is 297 g/mol. The van der Waals surface area contributed by atoms with Gasteiger partial charge in [-0.2, -0.15) is 0 Å². The standard InChI is InChI=1S/C17H15NO4/c1-3-21-17(19)11-7-8-13-12(9-11)10-18-16-14(20-2)5-4-6-15(16)22-13/h4-10H,3H2,1-2H3. The molecule has 0 N–H and O–H groups in total. The minimum absolute atomic E-state index is 0.336. The van der Waals surface area contributed by atoms with Gasteiger partial charge in [0.1, 0.15) is 17.2 Å². The van der Waals surface area contributed by atoms with Crippen LogP contribution in [0.4, 0.5) is 5.69 Å². The van der Waals surface area contributed by atoms with Gasteiger partial charge in [0, 0.05) is 11.8 Å². The molecule has 22 heavy (non-hydrogen) atoms. The minimum atomic E-state index is -0.363. The lowest BCUT2D eigenvalue weighted by atomic mass is 10.1. The molecule has 1 aliphatic rings. The van der Waals surface area contributed by atoms with Crippen molar-refractivity contribution in [1.82, 2.24) is 0 Å². The second-order valence-electron chi connectivity index (χ2n) is 4.64. The number of benzene rings is 2. The largest absolute Gasteiger partial charge is 0.494 e. The summed E-state index contributed by atoms with van der Waals surface area (Å²) in [6.07, 6.45) is 1.66. The molecule has 1 aliphatic heterocycles. The molecule has 0 aromatic heterocycles. The van der Waals surface area contributed by atoms with Crippen LogP contribution in [0.5, 0.6) is 17.2 Å². The second-order valence-corrected chi connectivity index (χ2v) is 4.64. The number of para-hydroxylation sites is 1. The van der Waals surface area contributed by atoms with E-state index in [1.165, 1.54) is 0 Å². The maximum Gasteiger partial charge on any atom is 0.338 e. The zero-order valence-electron chi connectivity index (χ0n) is 12.3. The molecule has 0 unspecified atom stereocenters. The molecule has 5 heteroatoms. The van der Waals surface area contributed by atoms with Gasteiger partial charge in [-0.3, -0.25) is 0 Å². The zero-order chi connectivity index (χ0) is 15.5. The van der Waals surface area contributed by atoms with Gasteiger partial charge in [-0.1, -0.05) is 6.07 Å². The van der Waals surface area contributed by atoms with E-state index < -0.39 is 0 Å². The van der Waals surface area contributed by atoms with Crippen molar-refractivity contribution in [3.8, 4) is 17.2 Å². The monoisotopic (exact) mass is 297 g/mol. The number of hydrogen-bond acceptors (Lipinski definition) is 5. The first-order chi connectivity index (χ1) is 10.7. The van der Waals surface area contributed by atoms with Gasteiger partial charge in [-0.05, 0) is 37.3 Å². The van der Waals surface area contributed by atoms with Crippen LogP contribution < -0.4 is 9.47 Å². The highest BCUT2D eigenvalue weighted by atomic mass is 16.5. The number of methoxy groups -OCH3 is 1. The molecule has 2 aromatic carbocycles. The minimum Gasteiger partial charge on any atom is -0.494 e.